The van der Waals surface area contributed by atoms with Gasteiger partial charge in [-0.2, -0.15) is 0 Å². The van der Waals surface area contributed by atoms with Gasteiger partial charge in [0.25, 0.3) is 0 Å². The molecule has 0 unspecified atom stereocenters. The van der Waals surface area contributed by atoms with Crippen molar-refractivity contribution < 1.29 is 0 Å². The fourth-order valence-corrected chi connectivity index (χ4v) is 4.23. The van der Waals surface area contributed by atoms with E-state index in [-0.39, 0.29) is 0 Å². The van der Waals surface area contributed by atoms with Crippen LogP contribution in [0.15, 0.2) is 48.5 Å². The van der Waals surface area contributed by atoms with Gasteiger partial charge in [0, 0.05) is 27.9 Å². The van der Waals surface area contributed by atoms with Gasteiger partial charge in [-0.25, -0.2) is 19.9 Å². The summed E-state index contributed by atoms with van der Waals surface area (Å²) in [5.41, 5.74) is 7.99. The Morgan fingerprint density at radius 1 is 0.793 bits per heavy atom. The molecule has 29 heavy (non-hydrogen) atoms. The van der Waals surface area contributed by atoms with Gasteiger partial charge in [0.05, 0.1) is 17.6 Å². The second-order valence-corrected chi connectivity index (χ2v) is 7.91. The largest absolute Gasteiger partial charge is 0.237 e. The zero-order valence-electron chi connectivity index (χ0n) is 16.9. The second-order valence-electron chi connectivity index (χ2n) is 7.91. The van der Waals surface area contributed by atoms with Crippen molar-refractivity contribution in [1.29, 1.82) is 0 Å². The Balaban J connectivity index is 1.58. The fourth-order valence-electron chi connectivity index (χ4n) is 4.23. The van der Waals surface area contributed by atoms with E-state index in [0.29, 0.717) is 6.42 Å². The van der Waals surface area contributed by atoms with Gasteiger partial charge in [0.1, 0.15) is 11.6 Å². The van der Waals surface area contributed by atoms with Crippen LogP contribution in [0.3, 0.4) is 0 Å². The van der Waals surface area contributed by atoms with Gasteiger partial charge in [0.2, 0.25) is 0 Å². The number of nitrogens with zero attached hydrogens (tertiary/aromatic N) is 4. The zero-order valence-corrected chi connectivity index (χ0v) is 16.9. The van der Waals surface area contributed by atoms with Gasteiger partial charge in [-0.1, -0.05) is 42.0 Å². The highest BCUT2D eigenvalue weighted by Gasteiger charge is 2.19. The number of hydrogen-bond acceptors (Lipinski definition) is 4. The molecule has 1 aliphatic carbocycles. The van der Waals surface area contributed by atoms with Crippen molar-refractivity contribution in [3.05, 3.63) is 82.7 Å². The summed E-state index contributed by atoms with van der Waals surface area (Å²) in [6, 6.07) is 16.8. The van der Waals surface area contributed by atoms with Crippen molar-refractivity contribution in [1.82, 2.24) is 19.9 Å². The van der Waals surface area contributed by atoms with Crippen LogP contribution < -0.4 is 0 Å². The van der Waals surface area contributed by atoms with E-state index >= 15 is 0 Å². The molecule has 0 amide bonds. The highest BCUT2D eigenvalue weighted by molar-refractivity contribution is 5.81. The molecule has 144 valence electrons. The van der Waals surface area contributed by atoms with Crippen molar-refractivity contribution in [3.63, 3.8) is 0 Å². The maximum absolute atomic E-state index is 4.98. The third-order valence-electron chi connectivity index (χ3n) is 5.68. The maximum Gasteiger partial charge on any atom is 0.136 e. The van der Waals surface area contributed by atoms with E-state index in [4.69, 9.17) is 19.9 Å². The monoisotopic (exact) mass is 380 g/mol. The van der Waals surface area contributed by atoms with Gasteiger partial charge >= 0.3 is 0 Å². The van der Waals surface area contributed by atoms with Crippen LogP contribution in [-0.4, -0.2) is 19.9 Å². The first kappa shape index (κ1) is 17.9. The van der Waals surface area contributed by atoms with E-state index in [0.717, 1.165) is 46.8 Å². The highest BCUT2D eigenvalue weighted by atomic mass is 14.9. The lowest BCUT2D eigenvalue weighted by molar-refractivity contribution is 0.656. The topological polar surface area (TPSA) is 51.6 Å². The Morgan fingerprint density at radius 3 is 2.45 bits per heavy atom. The van der Waals surface area contributed by atoms with E-state index in [1.165, 1.54) is 35.2 Å². The molecule has 2 heterocycles. The molecular formula is C25H24N4. The van der Waals surface area contributed by atoms with Crippen LogP contribution in [0, 0.1) is 13.8 Å². The first-order chi connectivity index (χ1) is 14.2. The number of hydrogen-bond donors (Lipinski definition) is 0. The smallest absolute Gasteiger partial charge is 0.136 e. The van der Waals surface area contributed by atoms with Gasteiger partial charge in [0.15, 0.2) is 0 Å². The third kappa shape index (κ3) is 3.51. The van der Waals surface area contributed by atoms with Crippen LogP contribution in [0.5, 0.6) is 0 Å². The van der Waals surface area contributed by atoms with Gasteiger partial charge < -0.3 is 0 Å². The SMILES string of the molecule is Cc1ccc2nc(Cc3nc4c(c(-c5ccccc5)n3)CCCC4)nc(C)c2c1. The normalized spacial score (nSPS) is 13.4. The van der Waals surface area contributed by atoms with Crippen LogP contribution in [0.4, 0.5) is 0 Å². The first-order valence-electron chi connectivity index (χ1n) is 10.4. The molecule has 0 fully saturated rings. The molecule has 0 saturated carbocycles. The van der Waals surface area contributed by atoms with Crippen LogP contribution in [-0.2, 0) is 19.3 Å². The second kappa shape index (κ2) is 7.36. The Hall–Kier alpha value is -3.14. The Morgan fingerprint density at radius 2 is 1.59 bits per heavy atom. The molecule has 0 spiro atoms. The van der Waals surface area contributed by atoms with E-state index < -0.39 is 0 Å². The third-order valence-corrected chi connectivity index (χ3v) is 5.68. The number of aryl methyl sites for hydroxylation is 3. The minimum atomic E-state index is 0.553. The quantitative estimate of drug-likeness (QED) is 0.492. The lowest BCUT2D eigenvalue weighted by Crippen LogP contribution is -2.13. The van der Waals surface area contributed by atoms with Crippen molar-refractivity contribution in [3.8, 4) is 11.3 Å². The van der Waals surface area contributed by atoms with Crippen molar-refractivity contribution in [2.24, 2.45) is 0 Å². The maximum atomic E-state index is 4.98. The number of aromatic nitrogens is 4. The molecule has 0 radical (unpaired) electrons. The molecule has 2 aromatic carbocycles. The van der Waals surface area contributed by atoms with Crippen LogP contribution >= 0.6 is 0 Å². The standard InChI is InChI=1S/C25H24N4/c1-16-12-13-22-20(14-16)17(2)26-23(28-22)15-24-27-21-11-7-6-10-19(21)25(29-24)18-8-4-3-5-9-18/h3-5,8-9,12-14H,6-7,10-11,15H2,1-2H3. The summed E-state index contributed by atoms with van der Waals surface area (Å²) in [7, 11) is 0. The molecule has 4 nitrogen and oxygen atoms in total. The van der Waals surface area contributed by atoms with E-state index in [2.05, 4.69) is 56.3 Å². The van der Waals surface area contributed by atoms with Crippen molar-refractivity contribution >= 4 is 10.9 Å². The van der Waals surface area contributed by atoms with Crippen LogP contribution in [0.2, 0.25) is 0 Å². The summed E-state index contributed by atoms with van der Waals surface area (Å²) >= 11 is 0. The molecule has 0 atom stereocenters. The number of fused-ring (bicyclic) bond motifs is 2. The molecule has 0 N–H and O–H groups in total. The average molecular weight is 380 g/mol. The molecule has 4 heteroatoms. The minimum absolute atomic E-state index is 0.553. The fraction of sp³-hybridized carbons (Fsp3) is 0.280. The Bertz CT molecular complexity index is 1200. The summed E-state index contributed by atoms with van der Waals surface area (Å²) in [4.78, 5) is 19.5. The zero-order chi connectivity index (χ0) is 19.8. The molecule has 1 aliphatic rings. The highest BCUT2D eigenvalue weighted by Crippen LogP contribution is 2.29. The average Bonchev–Trinajstić information content (AvgIpc) is 2.74. The molecular weight excluding hydrogens is 356 g/mol. The Labute approximate surface area is 171 Å². The summed E-state index contributed by atoms with van der Waals surface area (Å²) in [5, 5.41) is 1.12. The molecule has 5 rings (SSSR count). The van der Waals surface area contributed by atoms with E-state index in [1.807, 2.05) is 6.07 Å². The van der Waals surface area contributed by atoms with Crippen molar-refractivity contribution in [2.45, 2.75) is 46.0 Å². The molecule has 2 aromatic heterocycles. The minimum Gasteiger partial charge on any atom is -0.237 e. The lowest BCUT2D eigenvalue weighted by atomic mass is 9.92. The summed E-state index contributed by atoms with van der Waals surface area (Å²) in [5.74, 6) is 1.60. The summed E-state index contributed by atoms with van der Waals surface area (Å²) in [6.07, 6.45) is 5.05. The van der Waals surface area contributed by atoms with Gasteiger partial charge in [-0.3, -0.25) is 0 Å². The molecule has 0 saturated heterocycles. The van der Waals surface area contributed by atoms with Crippen LogP contribution in [0.25, 0.3) is 22.2 Å². The first-order valence-corrected chi connectivity index (χ1v) is 10.4. The number of rotatable bonds is 3. The van der Waals surface area contributed by atoms with E-state index in [1.54, 1.807) is 0 Å². The predicted octanol–water partition coefficient (Wildman–Crippen LogP) is 5.17. The van der Waals surface area contributed by atoms with Gasteiger partial charge in [-0.15, -0.1) is 0 Å². The number of benzene rings is 2. The summed E-state index contributed by atoms with van der Waals surface area (Å²) < 4.78 is 0. The Kier molecular flexibility index (Phi) is 4.55. The van der Waals surface area contributed by atoms with Gasteiger partial charge in [-0.05, 0) is 51.7 Å². The molecule has 0 bridgehead atoms. The van der Waals surface area contributed by atoms with Crippen molar-refractivity contribution in [2.75, 3.05) is 0 Å². The predicted molar refractivity (Wildman–Crippen MR) is 116 cm³/mol. The van der Waals surface area contributed by atoms with Crippen LogP contribution in [0.1, 0.15) is 47.0 Å². The van der Waals surface area contributed by atoms with E-state index in [9.17, 15) is 0 Å². The summed E-state index contributed by atoms with van der Waals surface area (Å²) in [6.45, 7) is 4.15. The lowest BCUT2D eigenvalue weighted by Gasteiger charge is -2.19. The molecule has 0 aliphatic heterocycles. The molecule has 4 aromatic rings.